The Hall–Kier alpha value is -1.97. The van der Waals surface area contributed by atoms with Crippen LogP contribution in [0.1, 0.15) is 24.8 Å². The number of rotatable bonds is 4. The van der Waals surface area contributed by atoms with E-state index >= 15 is 0 Å². The van der Waals surface area contributed by atoms with E-state index in [0.717, 1.165) is 22.2 Å². The third kappa shape index (κ3) is 1.98. The molecule has 2 rings (SSSR count). The van der Waals surface area contributed by atoms with Crippen LogP contribution in [0.15, 0.2) is 24.4 Å². The van der Waals surface area contributed by atoms with Gasteiger partial charge in [0.15, 0.2) is 0 Å². The monoisotopic (exact) mass is 232 g/mol. The van der Waals surface area contributed by atoms with E-state index in [2.05, 4.69) is 4.98 Å². The highest BCUT2D eigenvalue weighted by Gasteiger charge is 2.19. The predicted octanol–water partition coefficient (Wildman–Crippen LogP) is 2.16. The molecule has 1 aromatic carbocycles. The summed E-state index contributed by atoms with van der Waals surface area (Å²) in [6.45, 7) is 1.95. The minimum Gasteiger partial charge on any atom is -0.497 e. The zero-order valence-corrected chi connectivity index (χ0v) is 9.99. The van der Waals surface area contributed by atoms with Gasteiger partial charge in [0.1, 0.15) is 5.75 Å². The first kappa shape index (κ1) is 11.5. The van der Waals surface area contributed by atoms with Crippen LogP contribution in [0.4, 0.5) is 0 Å². The average molecular weight is 232 g/mol. The van der Waals surface area contributed by atoms with E-state index in [1.54, 1.807) is 7.11 Å². The van der Waals surface area contributed by atoms with Crippen LogP contribution in [0.2, 0.25) is 0 Å². The molecule has 1 heterocycles. The Labute approximate surface area is 99.8 Å². The molecule has 0 saturated carbocycles. The van der Waals surface area contributed by atoms with Gasteiger partial charge in [0, 0.05) is 17.1 Å². The molecule has 2 aromatic rings. The Morgan fingerprint density at radius 1 is 1.53 bits per heavy atom. The van der Waals surface area contributed by atoms with Gasteiger partial charge >= 0.3 is 0 Å². The van der Waals surface area contributed by atoms with Crippen molar-refractivity contribution < 1.29 is 9.53 Å². The first-order valence-electron chi connectivity index (χ1n) is 5.61. The Morgan fingerprint density at radius 2 is 2.29 bits per heavy atom. The lowest BCUT2D eigenvalue weighted by Gasteiger charge is -2.09. The van der Waals surface area contributed by atoms with Gasteiger partial charge in [0.05, 0.1) is 13.0 Å². The van der Waals surface area contributed by atoms with E-state index in [1.165, 1.54) is 0 Å². The summed E-state index contributed by atoms with van der Waals surface area (Å²) < 4.78 is 5.19. The molecule has 0 fully saturated rings. The van der Waals surface area contributed by atoms with Gasteiger partial charge in [-0.2, -0.15) is 0 Å². The molecule has 90 valence electrons. The van der Waals surface area contributed by atoms with Crippen LogP contribution in [-0.4, -0.2) is 18.0 Å². The average Bonchev–Trinajstić information content (AvgIpc) is 2.73. The van der Waals surface area contributed by atoms with Crippen LogP contribution in [0.25, 0.3) is 10.9 Å². The summed E-state index contributed by atoms with van der Waals surface area (Å²) in [4.78, 5) is 14.5. The van der Waals surface area contributed by atoms with Crippen molar-refractivity contribution in [3.8, 4) is 5.75 Å². The van der Waals surface area contributed by atoms with Gasteiger partial charge in [-0.3, -0.25) is 4.79 Å². The molecule has 0 aliphatic rings. The second-order valence-electron chi connectivity index (χ2n) is 4.02. The van der Waals surface area contributed by atoms with Crippen LogP contribution in [0, 0.1) is 0 Å². The zero-order valence-electron chi connectivity index (χ0n) is 9.99. The van der Waals surface area contributed by atoms with Crippen molar-refractivity contribution in [2.45, 2.75) is 19.3 Å². The lowest BCUT2D eigenvalue weighted by Crippen LogP contribution is -2.20. The summed E-state index contributed by atoms with van der Waals surface area (Å²) >= 11 is 0. The molecular formula is C13H16N2O2. The molecule has 1 aromatic heterocycles. The number of methoxy groups -OCH3 is 1. The second kappa shape index (κ2) is 4.49. The summed E-state index contributed by atoms with van der Waals surface area (Å²) in [5.74, 6) is 0.227. The highest BCUT2D eigenvalue weighted by molar-refractivity contribution is 5.92. The van der Waals surface area contributed by atoms with E-state index in [1.807, 2.05) is 31.3 Å². The highest BCUT2D eigenvalue weighted by atomic mass is 16.5. The molecule has 1 unspecified atom stereocenters. The maximum absolute atomic E-state index is 11.4. The second-order valence-corrected chi connectivity index (χ2v) is 4.02. The molecule has 1 amide bonds. The fourth-order valence-corrected chi connectivity index (χ4v) is 2.11. The number of primary amides is 1. The van der Waals surface area contributed by atoms with Crippen molar-refractivity contribution in [3.05, 3.63) is 30.0 Å². The van der Waals surface area contributed by atoms with Crippen LogP contribution < -0.4 is 10.5 Å². The summed E-state index contributed by atoms with van der Waals surface area (Å²) in [5, 5.41) is 0.995. The topological polar surface area (TPSA) is 68.1 Å². The van der Waals surface area contributed by atoms with Crippen LogP contribution in [-0.2, 0) is 4.79 Å². The predicted molar refractivity (Wildman–Crippen MR) is 67.1 cm³/mol. The number of aromatic amines is 1. The molecule has 1 atom stereocenters. The number of aromatic nitrogens is 1. The van der Waals surface area contributed by atoms with E-state index < -0.39 is 0 Å². The quantitative estimate of drug-likeness (QED) is 0.848. The number of fused-ring (bicyclic) bond motifs is 1. The number of carbonyl (C=O) groups excluding carboxylic acids is 1. The lowest BCUT2D eigenvalue weighted by atomic mass is 9.95. The van der Waals surface area contributed by atoms with E-state index in [4.69, 9.17) is 10.5 Å². The van der Waals surface area contributed by atoms with Gasteiger partial charge < -0.3 is 15.5 Å². The molecule has 0 spiro atoms. The zero-order chi connectivity index (χ0) is 12.4. The fraction of sp³-hybridized carbons (Fsp3) is 0.308. The first-order valence-corrected chi connectivity index (χ1v) is 5.61. The number of hydrogen-bond donors (Lipinski definition) is 2. The largest absolute Gasteiger partial charge is 0.497 e. The first-order chi connectivity index (χ1) is 8.17. The Bertz CT molecular complexity index is 545. The fourth-order valence-electron chi connectivity index (χ4n) is 2.11. The minimum absolute atomic E-state index is 0.254. The normalized spacial score (nSPS) is 12.6. The molecule has 0 radical (unpaired) electrons. The smallest absolute Gasteiger partial charge is 0.225 e. The third-order valence-electron chi connectivity index (χ3n) is 3.05. The number of nitrogens with one attached hydrogen (secondary N) is 1. The third-order valence-corrected chi connectivity index (χ3v) is 3.05. The van der Waals surface area contributed by atoms with Crippen molar-refractivity contribution >= 4 is 16.8 Å². The van der Waals surface area contributed by atoms with Gasteiger partial charge in [-0.05, 0) is 30.2 Å². The number of amides is 1. The van der Waals surface area contributed by atoms with Crippen molar-refractivity contribution in [2.24, 2.45) is 5.73 Å². The standard InChI is InChI=1S/C13H16N2O2/c1-3-9(13(14)16)11-7-15-12-5-4-8(17-2)6-10(11)12/h4-7,9,15H,3H2,1-2H3,(H2,14,16). The Kier molecular flexibility index (Phi) is 3.04. The Morgan fingerprint density at radius 3 is 2.88 bits per heavy atom. The van der Waals surface area contributed by atoms with Crippen molar-refractivity contribution in [3.63, 3.8) is 0 Å². The maximum Gasteiger partial charge on any atom is 0.225 e. The number of ether oxygens (including phenoxy) is 1. The van der Waals surface area contributed by atoms with Crippen molar-refractivity contribution in [1.82, 2.24) is 4.98 Å². The molecule has 0 aliphatic carbocycles. The van der Waals surface area contributed by atoms with Crippen molar-refractivity contribution in [1.29, 1.82) is 0 Å². The molecule has 0 aliphatic heterocycles. The van der Waals surface area contributed by atoms with Gasteiger partial charge in [0.2, 0.25) is 5.91 Å². The molecule has 3 N–H and O–H groups in total. The number of nitrogens with two attached hydrogens (primary N) is 1. The summed E-state index contributed by atoms with van der Waals surface area (Å²) in [6, 6.07) is 5.74. The van der Waals surface area contributed by atoms with Crippen LogP contribution >= 0.6 is 0 Å². The van der Waals surface area contributed by atoms with E-state index in [0.29, 0.717) is 6.42 Å². The highest BCUT2D eigenvalue weighted by Crippen LogP contribution is 2.30. The number of hydrogen-bond acceptors (Lipinski definition) is 2. The van der Waals surface area contributed by atoms with Crippen LogP contribution in [0.5, 0.6) is 5.75 Å². The number of carbonyl (C=O) groups is 1. The summed E-state index contributed by atoms with van der Waals surface area (Å²) in [7, 11) is 1.62. The van der Waals surface area contributed by atoms with Crippen molar-refractivity contribution in [2.75, 3.05) is 7.11 Å². The van der Waals surface area contributed by atoms with Crippen LogP contribution in [0.3, 0.4) is 0 Å². The van der Waals surface area contributed by atoms with Gasteiger partial charge in [0.25, 0.3) is 0 Å². The summed E-state index contributed by atoms with van der Waals surface area (Å²) in [6.07, 6.45) is 2.54. The van der Waals surface area contributed by atoms with Gasteiger partial charge in [-0.15, -0.1) is 0 Å². The number of benzene rings is 1. The van der Waals surface area contributed by atoms with Gasteiger partial charge in [-0.1, -0.05) is 6.92 Å². The maximum atomic E-state index is 11.4. The molecular weight excluding hydrogens is 216 g/mol. The molecule has 17 heavy (non-hydrogen) atoms. The number of H-pyrrole nitrogens is 1. The molecule has 4 heteroatoms. The molecule has 0 bridgehead atoms. The molecule has 4 nitrogen and oxygen atoms in total. The van der Waals surface area contributed by atoms with Gasteiger partial charge in [-0.25, -0.2) is 0 Å². The SMILES string of the molecule is CCC(C(N)=O)c1c[nH]c2ccc(OC)cc12. The minimum atomic E-state index is -0.295. The molecule has 0 saturated heterocycles. The Balaban J connectivity index is 2.57. The summed E-state index contributed by atoms with van der Waals surface area (Å²) in [5.41, 5.74) is 7.34. The van der Waals surface area contributed by atoms with E-state index in [9.17, 15) is 4.79 Å². The van der Waals surface area contributed by atoms with E-state index in [-0.39, 0.29) is 11.8 Å². The lowest BCUT2D eigenvalue weighted by molar-refractivity contribution is -0.119.